The molecular formula is C6H10O6. The van der Waals surface area contributed by atoms with Gasteiger partial charge in [0.1, 0.15) is 6.42 Å². The molecule has 0 bridgehead atoms. The van der Waals surface area contributed by atoms with Crippen LogP contribution in [0.3, 0.4) is 0 Å². The molecule has 0 spiro atoms. The van der Waals surface area contributed by atoms with Crippen LogP contribution in [-0.2, 0) is 18.8 Å². The summed E-state index contributed by atoms with van der Waals surface area (Å²) in [6.45, 7) is 0. The maximum absolute atomic E-state index is 10.6. The minimum absolute atomic E-state index is 0.327. The lowest BCUT2D eigenvalue weighted by molar-refractivity contribution is -1.05. The average molecular weight is 178 g/mol. The first-order chi connectivity index (χ1) is 5.65. The van der Waals surface area contributed by atoms with Crippen LogP contribution in [0.15, 0.2) is 0 Å². The van der Waals surface area contributed by atoms with Crippen molar-refractivity contribution < 1.29 is 29.2 Å². The van der Waals surface area contributed by atoms with Gasteiger partial charge in [0.05, 0.1) is 7.11 Å². The van der Waals surface area contributed by atoms with E-state index in [0.717, 1.165) is 7.11 Å². The SMILES string of the molecule is COC(=O)C(O)CC(OC)=[O+][O-]. The summed E-state index contributed by atoms with van der Waals surface area (Å²) in [4.78, 5) is 10.6. The van der Waals surface area contributed by atoms with Crippen molar-refractivity contribution >= 4 is 11.9 Å². The van der Waals surface area contributed by atoms with Gasteiger partial charge < -0.3 is 19.8 Å². The van der Waals surface area contributed by atoms with Crippen LogP contribution in [0.5, 0.6) is 0 Å². The minimum Gasteiger partial charge on any atom is -0.588 e. The minimum atomic E-state index is -1.43. The first-order valence-corrected chi connectivity index (χ1v) is 3.11. The summed E-state index contributed by atoms with van der Waals surface area (Å²) in [5.41, 5.74) is 0. The highest BCUT2D eigenvalue weighted by Gasteiger charge is 2.24. The Morgan fingerprint density at radius 2 is 2.17 bits per heavy atom. The lowest BCUT2D eigenvalue weighted by Crippen LogP contribution is -2.27. The third-order valence-corrected chi connectivity index (χ3v) is 1.15. The summed E-state index contributed by atoms with van der Waals surface area (Å²) in [6.07, 6.45) is -1.76. The van der Waals surface area contributed by atoms with Crippen LogP contribution in [0.4, 0.5) is 0 Å². The van der Waals surface area contributed by atoms with Gasteiger partial charge in [-0.1, -0.05) is 0 Å². The van der Waals surface area contributed by atoms with Crippen molar-refractivity contribution in [2.75, 3.05) is 14.2 Å². The van der Waals surface area contributed by atoms with Crippen LogP contribution in [0.25, 0.3) is 0 Å². The highest BCUT2D eigenvalue weighted by Crippen LogP contribution is 1.95. The van der Waals surface area contributed by atoms with Gasteiger partial charge in [0.25, 0.3) is 0 Å². The van der Waals surface area contributed by atoms with E-state index in [2.05, 4.69) is 14.0 Å². The Hall–Kier alpha value is -1.30. The molecule has 1 unspecified atom stereocenters. The van der Waals surface area contributed by atoms with Gasteiger partial charge in [-0.05, 0) is 0 Å². The summed E-state index contributed by atoms with van der Waals surface area (Å²) in [5, 5.41) is 18.7. The van der Waals surface area contributed by atoms with Gasteiger partial charge in [0, 0.05) is 0 Å². The Balaban J connectivity index is 3.98. The molecule has 0 aromatic heterocycles. The Kier molecular flexibility index (Phi) is 4.78. The average Bonchev–Trinajstić information content (AvgIpc) is 2.12. The van der Waals surface area contributed by atoms with Crippen LogP contribution in [0.1, 0.15) is 6.42 Å². The first-order valence-electron chi connectivity index (χ1n) is 3.11. The van der Waals surface area contributed by atoms with Gasteiger partial charge in [-0.3, -0.25) is 4.58 Å². The number of rotatable bonds is 3. The van der Waals surface area contributed by atoms with E-state index in [0.29, 0.717) is 0 Å². The normalized spacial score (nSPS) is 13.8. The predicted octanol–water partition coefficient (Wildman–Crippen LogP) is -2.11. The predicted molar refractivity (Wildman–Crippen MR) is 34.7 cm³/mol. The smallest absolute Gasteiger partial charge is 0.500 e. The number of aliphatic hydroxyl groups excluding tert-OH is 1. The van der Waals surface area contributed by atoms with Crippen molar-refractivity contribution in [3.63, 3.8) is 0 Å². The fraction of sp³-hybridized carbons (Fsp3) is 0.667. The standard InChI is InChI=1S/C6H10O6/c1-10-5(12-9)3-4(7)6(8)11-2/h4,7H,3H2,1-2H3. The van der Waals surface area contributed by atoms with Crippen molar-refractivity contribution in [3.05, 3.63) is 0 Å². The molecule has 0 radical (unpaired) electrons. The molecule has 0 saturated heterocycles. The van der Waals surface area contributed by atoms with Crippen molar-refractivity contribution in [1.82, 2.24) is 0 Å². The molecule has 6 heteroatoms. The Morgan fingerprint density at radius 1 is 1.58 bits per heavy atom. The first kappa shape index (κ1) is 10.7. The highest BCUT2D eigenvalue weighted by molar-refractivity contribution is 5.81. The number of hydrogen-bond donors (Lipinski definition) is 1. The van der Waals surface area contributed by atoms with Gasteiger partial charge >= 0.3 is 11.9 Å². The Labute approximate surface area is 69.0 Å². The number of esters is 2. The van der Waals surface area contributed by atoms with Crippen LogP contribution in [0, 0.1) is 0 Å². The lowest BCUT2D eigenvalue weighted by atomic mass is 10.2. The fourth-order valence-corrected chi connectivity index (χ4v) is 0.529. The molecule has 6 nitrogen and oxygen atoms in total. The van der Waals surface area contributed by atoms with E-state index in [9.17, 15) is 10.1 Å². The summed E-state index contributed by atoms with van der Waals surface area (Å²) in [7, 11) is 2.31. The zero-order valence-corrected chi connectivity index (χ0v) is 6.77. The highest BCUT2D eigenvalue weighted by atomic mass is 17.1. The molecule has 0 aliphatic rings. The molecule has 0 saturated carbocycles. The second-order valence-corrected chi connectivity index (χ2v) is 1.90. The summed E-state index contributed by atoms with van der Waals surface area (Å²) >= 11 is 0. The van der Waals surface area contributed by atoms with Gasteiger partial charge in [0.15, 0.2) is 13.2 Å². The number of ether oxygens (including phenoxy) is 2. The zero-order valence-electron chi connectivity index (χ0n) is 6.77. The van der Waals surface area contributed by atoms with Gasteiger partial charge in [-0.15, -0.1) is 0 Å². The number of carbonyl (C=O) groups excluding carboxylic acids is 2. The molecule has 0 aromatic carbocycles. The molecule has 0 rings (SSSR count). The second kappa shape index (κ2) is 5.36. The summed E-state index contributed by atoms with van der Waals surface area (Å²) in [5.74, 6) is -1.21. The monoisotopic (exact) mass is 178 g/mol. The fourth-order valence-electron chi connectivity index (χ4n) is 0.529. The summed E-state index contributed by atoms with van der Waals surface area (Å²) in [6, 6.07) is 0. The zero-order chi connectivity index (χ0) is 9.56. The molecule has 12 heavy (non-hydrogen) atoms. The van der Waals surface area contributed by atoms with Crippen LogP contribution >= 0.6 is 0 Å². The van der Waals surface area contributed by atoms with E-state index in [4.69, 9.17) is 5.11 Å². The van der Waals surface area contributed by atoms with Crippen LogP contribution in [0.2, 0.25) is 0 Å². The summed E-state index contributed by atoms with van der Waals surface area (Å²) < 4.78 is 12.0. The van der Waals surface area contributed by atoms with E-state index in [1.165, 1.54) is 7.11 Å². The third kappa shape index (κ3) is 3.20. The van der Waals surface area contributed by atoms with E-state index < -0.39 is 12.1 Å². The molecular weight excluding hydrogens is 168 g/mol. The lowest BCUT2D eigenvalue weighted by Gasteiger charge is -2.03. The number of carbonyl (C=O) groups is 1. The number of hydrogen-bond acceptors (Lipinski definition) is 5. The van der Waals surface area contributed by atoms with Crippen molar-refractivity contribution in [3.8, 4) is 0 Å². The van der Waals surface area contributed by atoms with Gasteiger partial charge in [-0.25, -0.2) is 4.79 Å². The van der Waals surface area contributed by atoms with Crippen molar-refractivity contribution in [1.29, 1.82) is 0 Å². The van der Waals surface area contributed by atoms with E-state index in [1.807, 2.05) is 0 Å². The molecule has 0 amide bonds. The quantitative estimate of drug-likeness (QED) is 0.231. The van der Waals surface area contributed by atoms with Crippen molar-refractivity contribution in [2.45, 2.75) is 12.5 Å². The largest absolute Gasteiger partial charge is 0.588 e. The Bertz CT molecular complexity index is 175. The van der Waals surface area contributed by atoms with Gasteiger partial charge in [0.2, 0.25) is 0 Å². The third-order valence-electron chi connectivity index (χ3n) is 1.15. The maximum atomic E-state index is 10.6. The molecule has 0 aliphatic carbocycles. The van der Waals surface area contributed by atoms with Crippen LogP contribution in [-0.4, -0.2) is 37.4 Å². The number of aliphatic hydroxyl groups is 1. The maximum Gasteiger partial charge on any atom is 0.500 e. The van der Waals surface area contributed by atoms with E-state index >= 15 is 0 Å². The van der Waals surface area contributed by atoms with Crippen molar-refractivity contribution in [2.24, 2.45) is 0 Å². The topological polar surface area (TPSA) is 90.1 Å². The Morgan fingerprint density at radius 3 is 2.50 bits per heavy atom. The van der Waals surface area contributed by atoms with E-state index in [-0.39, 0.29) is 12.4 Å². The molecule has 0 fully saturated rings. The molecule has 0 heterocycles. The van der Waals surface area contributed by atoms with Gasteiger partial charge in [-0.2, -0.15) is 0 Å². The second-order valence-electron chi connectivity index (χ2n) is 1.90. The molecule has 0 aliphatic heterocycles. The molecule has 70 valence electrons. The van der Waals surface area contributed by atoms with Crippen LogP contribution < -0.4 is 5.26 Å². The molecule has 1 atom stereocenters. The molecule has 1 N–H and O–H groups in total. The van der Waals surface area contributed by atoms with E-state index in [1.54, 1.807) is 0 Å². The molecule has 0 aromatic rings. The number of methoxy groups -OCH3 is 2.